The van der Waals surface area contributed by atoms with Gasteiger partial charge in [-0.05, 0) is 31.6 Å². The minimum Gasteiger partial charge on any atom is -0.364 e. The zero-order chi connectivity index (χ0) is 14.4. The van der Waals surface area contributed by atoms with Crippen LogP contribution in [0.3, 0.4) is 0 Å². The molecule has 4 nitrogen and oxygen atoms in total. The maximum absolute atomic E-state index is 12.6. The predicted molar refractivity (Wildman–Crippen MR) is 80.3 cm³/mol. The number of carbonyl (C=O) groups excluding carboxylic acids is 1. The molecule has 2 rings (SSSR count). The molecule has 20 heavy (non-hydrogen) atoms. The lowest BCUT2D eigenvalue weighted by Crippen LogP contribution is -2.42. The molecule has 2 aliphatic rings. The molecular formula is C16H28N2O2. The minimum atomic E-state index is -0.285. The van der Waals surface area contributed by atoms with E-state index in [1.54, 1.807) is 0 Å². The number of nitrogens with zero attached hydrogens (tertiary/aromatic N) is 1. The normalized spacial score (nSPS) is 27.4. The molecule has 0 bridgehead atoms. The molecular weight excluding hydrogens is 252 g/mol. The lowest BCUT2D eigenvalue weighted by molar-refractivity contribution is -0.143. The van der Waals surface area contributed by atoms with Crippen molar-refractivity contribution in [3.63, 3.8) is 0 Å². The van der Waals surface area contributed by atoms with Crippen LogP contribution in [-0.2, 0) is 9.53 Å². The third-order valence-electron chi connectivity index (χ3n) is 4.51. The third kappa shape index (κ3) is 4.06. The average Bonchev–Trinajstić information content (AvgIpc) is 2.96. The van der Waals surface area contributed by atoms with Crippen LogP contribution in [0, 0.1) is 5.92 Å². The number of ether oxygens (including phenoxy) is 1. The Bertz CT molecular complexity index is 326. The van der Waals surface area contributed by atoms with Crippen LogP contribution in [0.15, 0.2) is 12.7 Å². The van der Waals surface area contributed by atoms with Crippen molar-refractivity contribution >= 4 is 5.91 Å². The average molecular weight is 280 g/mol. The van der Waals surface area contributed by atoms with E-state index in [4.69, 9.17) is 10.5 Å². The van der Waals surface area contributed by atoms with Gasteiger partial charge >= 0.3 is 0 Å². The summed E-state index contributed by atoms with van der Waals surface area (Å²) in [7, 11) is 0. The molecule has 1 amide bonds. The largest absolute Gasteiger partial charge is 0.364 e. The second kappa shape index (κ2) is 7.79. The van der Waals surface area contributed by atoms with Gasteiger partial charge in [-0.15, -0.1) is 6.58 Å². The van der Waals surface area contributed by atoms with Crippen LogP contribution in [0.2, 0.25) is 0 Å². The molecule has 0 aromatic heterocycles. The third-order valence-corrected chi connectivity index (χ3v) is 4.51. The second-order valence-electron chi connectivity index (χ2n) is 6.10. The van der Waals surface area contributed by atoms with E-state index in [9.17, 15) is 4.79 Å². The summed E-state index contributed by atoms with van der Waals surface area (Å²) in [6.07, 6.45) is 9.74. The van der Waals surface area contributed by atoms with Crippen LogP contribution in [0.5, 0.6) is 0 Å². The first kappa shape index (κ1) is 15.5. The Hall–Kier alpha value is -0.870. The smallest absolute Gasteiger partial charge is 0.252 e. The van der Waals surface area contributed by atoms with Gasteiger partial charge in [-0.25, -0.2) is 0 Å². The summed E-state index contributed by atoms with van der Waals surface area (Å²) in [6, 6.07) is 0. The predicted octanol–water partition coefficient (Wildman–Crippen LogP) is 2.09. The maximum Gasteiger partial charge on any atom is 0.252 e. The number of rotatable bonds is 6. The Morgan fingerprint density at radius 1 is 1.25 bits per heavy atom. The molecule has 0 aromatic rings. The number of hydrogen-bond donors (Lipinski definition) is 1. The zero-order valence-electron chi connectivity index (χ0n) is 12.4. The van der Waals surface area contributed by atoms with E-state index in [1.165, 1.54) is 32.1 Å². The van der Waals surface area contributed by atoms with Gasteiger partial charge in [0.25, 0.3) is 5.91 Å². The first-order chi connectivity index (χ1) is 9.74. The molecule has 1 saturated heterocycles. The minimum absolute atomic E-state index is 0.0595. The van der Waals surface area contributed by atoms with Crippen molar-refractivity contribution in [2.75, 3.05) is 19.6 Å². The zero-order valence-corrected chi connectivity index (χ0v) is 12.4. The fourth-order valence-electron chi connectivity index (χ4n) is 3.36. The highest BCUT2D eigenvalue weighted by atomic mass is 16.5. The van der Waals surface area contributed by atoms with Crippen molar-refractivity contribution in [1.29, 1.82) is 0 Å². The summed E-state index contributed by atoms with van der Waals surface area (Å²) in [4.78, 5) is 14.5. The monoisotopic (exact) mass is 280 g/mol. The topological polar surface area (TPSA) is 55.6 Å². The Morgan fingerprint density at radius 2 is 2.00 bits per heavy atom. The highest BCUT2D eigenvalue weighted by Gasteiger charge is 2.33. The van der Waals surface area contributed by atoms with Crippen LogP contribution in [0.25, 0.3) is 0 Å². The molecule has 1 saturated carbocycles. The van der Waals surface area contributed by atoms with Crippen molar-refractivity contribution in [2.45, 2.75) is 57.2 Å². The van der Waals surface area contributed by atoms with E-state index in [2.05, 4.69) is 6.58 Å². The Morgan fingerprint density at radius 3 is 2.60 bits per heavy atom. The van der Waals surface area contributed by atoms with Crippen molar-refractivity contribution in [1.82, 2.24) is 4.90 Å². The Labute approximate surface area is 122 Å². The van der Waals surface area contributed by atoms with Crippen molar-refractivity contribution in [2.24, 2.45) is 11.7 Å². The fraction of sp³-hybridized carbons (Fsp3) is 0.812. The summed E-state index contributed by atoms with van der Waals surface area (Å²) in [5, 5.41) is 0. The van der Waals surface area contributed by atoms with Gasteiger partial charge < -0.3 is 15.4 Å². The molecule has 4 heteroatoms. The van der Waals surface area contributed by atoms with E-state index >= 15 is 0 Å². The Kier molecular flexibility index (Phi) is 6.05. The van der Waals surface area contributed by atoms with Crippen LogP contribution in [0.4, 0.5) is 0 Å². The van der Waals surface area contributed by atoms with E-state index in [1.807, 2.05) is 11.0 Å². The number of amides is 1. The molecule has 0 radical (unpaired) electrons. The quantitative estimate of drug-likeness (QED) is 0.758. The van der Waals surface area contributed by atoms with Gasteiger partial charge in [0, 0.05) is 19.6 Å². The second-order valence-corrected chi connectivity index (χ2v) is 6.10. The number of nitrogens with two attached hydrogens (primary N) is 1. The molecule has 0 spiro atoms. The van der Waals surface area contributed by atoms with Gasteiger partial charge in [0.15, 0.2) is 0 Å². The number of carbonyl (C=O) groups is 1. The molecule has 1 aliphatic heterocycles. The molecule has 0 unspecified atom stereocenters. The van der Waals surface area contributed by atoms with Gasteiger partial charge in [0.1, 0.15) is 6.10 Å². The van der Waals surface area contributed by atoms with Crippen LogP contribution < -0.4 is 5.73 Å². The van der Waals surface area contributed by atoms with E-state index in [0.29, 0.717) is 19.0 Å². The molecule has 2 fully saturated rings. The summed E-state index contributed by atoms with van der Waals surface area (Å²) in [5.74, 6) is 0.783. The summed E-state index contributed by atoms with van der Waals surface area (Å²) in [6.45, 7) is 5.77. The van der Waals surface area contributed by atoms with Crippen LogP contribution in [-0.4, -0.2) is 42.6 Å². The van der Waals surface area contributed by atoms with E-state index in [0.717, 1.165) is 19.4 Å². The lowest BCUT2D eigenvalue weighted by Gasteiger charge is -2.30. The van der Waals surface area contributed by atoms with Gasteiger partial charge in [-0.3, -0.25) is 4.79 Å². The molecule has 1 heterocycles. The first-order valence-corrected chi connectivity index (χ1v) is 7.99. The molecule has 2 atom stereocenters. The van der Waals surface area contributed by atoms with E-state index in [-0.39, 0.29) is 18.1 Å². The maximum atomic E-state index is 12.6. The highest BCUT2D eigenvalue weighted by molar-refractivity contribution is 5.81. The van der Waals surface area contributed by atoms with Gasteiger partial charge in [0.2, 0.25) is 0 Å². The van der Waals surface area contributed by atoms with Gasteiger partial charge in [-0.1, -0.05) is 25.3 Å². The van der Waals surface area contributed by atoms with E-state index < -0.39 is 0 Å². The van der Waals surface area contributed by atoms with Crippen molar-refractivity contribution < 1.29 is 9.53 Å². The molecule has 114 valence electrons. The van der Waals surface area contributed by atoms with Crippen LogP contribution in [0.1, 0.15) is 44.9 Å². The van der Waals surface area contributed by atoms with Crippen molar-refractivity contribution in [3.8, 4) is 0 Å². The summed E-state index contributed by atoms with van der Waals surface area (Å²) < 4.78 is 5.74. The standard InChI is InChI=1S/C16H28N2O2/c1-2-10-18(12-13-6-4-3-5-7-13)16(19)15-9-8-14(11-17)20-15/h2,13-15H,1,3-12,17H2/t14-,15+/m1/s1. The lowest BCUT2D eigenvalue weighted by atomic mass is 9.89. The number of hydrogen-bond acceptors (Lipinski definition) is 3. The van der Waals surface area contributed by atoms with Gasteiger partial charge in [0.05, 0.1) is 6.10 Å². The summed E-state index contributed by atoms with van der Waals surface area (Å²) >= 11 is 0. The SMILES string of the molecule is C=CCN(CC1CCCCC1)C(=O)[C@@H]1CC[C@H](CN)O1. The van der Waals surface area contributed by atoms with Crippen molar-refractivity contribution in [3.05, 3.63) is 12.7 Å². The molecule has 2 N–H and O–H groups in total. The molecule has 0 aromatic carbocycles. The highest BCUT2D eigenvalue weighted by Crippen LogP contribution is 2.26. The van der Waals surface area contributed by atoms with Crippen LogP contribution >= 0.6 is 0 Å². The van der Waals surface area contributed by atoms with Gasteiger partial charge in [-0.2, -0.15) is 0 Å². The summed E-state index contributed by atoms with van der Waals surface area (Å²) in [5.41, 5.74) is 5.61. The fourth-order valence-corrected chi connectivity index (χ4v) is 3.36. The first-order valence-electron chi connectivity index (χ1n) is 7.99. The molecule has 1 aliphatic carbocycles. The Balaban J connectivity index is 1.89.